The van der Waals surface area contributed by atoms with Crippen molar-refractivity contribution in [1.29, 1.82) is 0 Å². The van der Waals surface area contributed by atoms with Crippen LogP contribution in [0.4, 0.5) is 15.9 Å². The minimum Gasteiger partial charge on any atom is -0.383 e. The standard InChI is InChI=1S/C27H29FN6O2/c1-15(2)26(35)32-18-8-5-16(6-9-18)23-21(22-24(29)30-14-31-25(22)33-23)19-10-7-17(13-20(19)28)27(36)34-11-3-4-12-34/h5-6,8-9,14,17H,1,3-4,7,10-13H2,2H3,(H,32,35)(H3,29,30,31,33)/t17-/m1/s1. The smallest absolute Gasteiger partial charge is 0.250 e. The number of nitrogens with two attached hydrogens (primary N) is 1. The van der Waals surface area contributed by atoms with Gasteiger partial charge in [0.25, 0.3) is 5.91 Å². The fraction of sp³-hybridized carbons (Fsp3) is 0.333. The number of amides is 2. The number of benzene rings is 1. The molecule has 1 saturated heterocycles. The summed E-state index contributed by atoms with van der Waals surface area (Å²) in [7, 11) is 0. The molecule has 4 N–H and O–H groups in total. The van der Waals surface area contributed by atoms with E-state index in [-0.39, 0.29) is 35.8 Å². The molecular weight excluding hydrogens is 459 g/mol. The van der Waals surface area contributed by atoms with E-state index in [2.05, 4.69) is 26.8 Å². The molecule has 1 aliphatic carbocycles. The van der Waals surface area contributed by atoms with Crippen molar-refractivity contribution in [2.24, 2.45) is 5.92 Å². The second-order valence-corrected chi connectivity index (χ2v) is 9.52. The predicted octanol–water partition coefficient (Wildman–Crippen LogP) is 4.82. The number of hydrogen-bond donors (Lipinski definition) is 3. The van der Waals surface area contributed by atoms with Crippen molar-refractivity contribution >= 4 is 39.9 Å². The van der Waals surface area contributed by atoms with Gasteiger partial charge in [0.2, 0.25) is 5.91 Å². The van der Waals surface area contributed by atoms with Gasteiger partial charge in [-0.05, 0) is 55.9 Å². The lowest BCUT2D eigenvalue weighted by Gasteiger charge is -2.27. The van der Waals surface area contributed by atoms with Crippen LogP contribution in [0.25, 0.3) is 27.9 Å². The van der Waals surface area contributed by atoms with Gasteiger partial charge in [0, 0.05) is 42.3 Å². The van der Waals surface area contributed by atoms with Gasteiger partial charge in [0.15, 0.2) is 0 Å². The van der Waals surface area contributed by atoms with Gasteiger partial charge < -0.3 is 20.9 Å². The van der Waals surface area contributed by atoms with Gasteiger partial charge in [-0.15, -0.1) is 0 Å². The first-order valence-corrected chi connectivity index (χ1v) is 12.2. The number of fused-ring (bicyclic) bond motifs is 1. The van der Waals surface area contributed by atoms with Crippen LogP contribution in [0.1, 0.15) is 44.6 Å². The van der Waals surface area contributed by atoms with Gasteiger partial charge in [-0.25, -0.2) is 14.4 Å². The summed E-state index contributed by atoms with van der Waals surface area (Å²) in [4.78, 5) is 38.5. The molecule has 5 rings (SSSR count). The molecule has 2 amide bonds. The molecule has 0 spiro atoms. The molecule has 0 bridgehead atoms. The third-order valence-electron chi connectivity index (χ3n) is 7.00. The van der Waals surface area contributed by atoms with Crippen molar-refractivity contribution in [3.63, 3.8) is 0 Å². The number of hydrogen-bond acceptors (Lipinski definition) is 5. The Morgan fingerprint density at radius 1 is 1.19 bits per heavy atom. The van der Waals surface area contributed by atoms with Crippen LogP contribution >= 0.6 is 0 Å². The van der Waals surface area contributed by atoms with Crippen LogP contribution in [0.3, 0.4) is 0 Å². The first kappa shape index (κ1) is 23.7. The fourth-order valence-electron chi connectivity index (χ4n) is 5.09. The third kappa shape index (κ3) is 4.36. The van der Waals surface area contributed by atoms with Gasteiger partial charge in [-0.3, -0.25) is 9.59 Å². The SMILES string of the molecule is C=C(C)C(=O)Nc1ccc(-c2[nH]c3ncnc(N)c3c2C2=C(F)C[C@H](C(=O)N3CCCC3)CC2)cc1. The number of carbonyl (C=O) groups excluding carboxylic acids is 2. The lowest BCUT2D eigenvalue weighted by Crippen LogP contribution is -2.34. The Hall–Kier alpha value is -4.01. The molecule has 9 heteroatoms. The summed E-state index contributed by atoms with van der Waals surface area (Å²) in [5.74, 6) is -0.584. The quantitative estimate of drug-likeness (QED) is 0.445. The fourth-order valence-corrected chi connectivity index (χ4v) is 5.09. The lowest BCUT2D eigenvalue weighted by atomic mass is 9.83. The Balaban J connectivity index is 1.52. The largest absolute Gasteiger partial charge is 0.383 e. The topological polar surface area (TPSA) is 117 Å². The molecule has 1 fully saturated rings. The number of allylic oxidation sites excluding steroid dienone is 2. The second-order valence-electron chi connectivity index (χ2n) is 9.52. The second kappa shape index (κ2) is 9.56. The molecule has 1 atom stereocenters. The molecule has 2 aromatic heterocycles. The lowest BCUT2D eigenvalue weighted by molar-refractivity contribution is -0.134. The number of rotatable bonds is 5. The molecule has 3 aromatic rings. The maximum atomic E-state index is 15.7. The van der Waals surface area contributed by atoms with Crippen molar-refractivity contribution in [2.75, 3.05) is 24.1 Å². The van der Waals surface area contributed by atoms with Crippen LogP contribution < -0.4 is 11.1 Å². The van der Waals surface area contributed by atoms with E-state index in [1.807, 2.05) is 17.0 Å². The zero-order valence-corrected chi connectivity index (χ0v) is 20.2. The van der Waals surface area contributed by atoms with Crippen molar-refractivity contribution in [2.45, 2.75) is 39.0 Å². The molecule has 2 aliphatic rings. The van der Waals surface area contributed by atoms with Crippen LogP contribution in [0.15, 0.2) is 48.6 Å². The van der Waals surface area contributed by atoms with Crippen LogP contribution in [0.5, 0.6) is 0 Å². The number of H-pyrrole nitrogens is 1. The summed E-state index contributed by atoms with van der Waals surface area (Å²) in [6.45, 7) is 6.81. The zero-order valence-electron chi connectivity index (χ0n) is 20.2. The van der Waals surface area contributed by atoms with Crippen LogP contribution in [-0.2, 0) is 9.59 Å². The van der Waals surface area contributed by atoms with Crippen molar-refractivity contribution in [3.05, 3.63) is 54.1 Å². The highest BCUT2D eigenvalue weighted by atomic mass is 19.1. The highest BCUT2D eigenvalue weighted by Gasteiger charge is 2.33. The maximum Gasteiger partial charge on any atom is 0.250 e. The summed E-state index contributed by atoms with van der Waals surface area (Å²) in [5, 5.41) is 3.35. The van der Waals surface area contributed by atoms with Gasteiger partial charge >= 0.3 is 0 Å². The highest BCUT2D eigenvalue weighted by Crippen LogP contribution is 2.44. The van der Waals surface area contributed by atoms with E-state index in [1.54, 1.807) is 19.1 Å². The number of aromatic nitrogens is 3. The van der Waals surface area contributed by atoms with E-state index in [0.717, 1.165) is 31.5 Å². The minimum atomic E-state index is -0.342. The molecule has 186 valence electrons. The van der Waals surface area contributed by atoms with Crippen LogP contribution in [0, 0.1) is 5.92 Å². The molecule has 36 heavy (non-hydrogen) atoms. The number of nitrogens with zero attached hydrogens (tertiary/aromatic N) is 3. The van der Waals surface area contributed by atoms with E-state index in [4.69, 9.17) is 5.73 Å². The first-order valence-electron chi connectivity index (χ1n) is 12.2. The average molecular weight is 489 g/mol. The molecular formula is C27H29FN6O2. The Labute approximate surface area is 208 Å². The van der Waals surface area contributed by atoms with Gasteiger partial charge in [-0.2, -0.15) is 0 Å². The van der Waals surface area contributed by atoms with E-state index in [9.17, 15) is 9.59 Å². The maximum absolute atomic E-state index is 15.7. The molecule has 0 unspecified atom stereocenters. The molecule has 1 aromatic carbocycles. The monoisotopic (exact) mass is 488 g/mol. The Bertz CT molecular complexity index is 1390. The third-order valence-corrected chi connectivity index (χ3v) is 7.00. The van der Waals surface area contributed by atoms with Gasteiger partial charge in [0.05, 0.1) is 11.1 Å². The van der Waals surface area contributed by atoms with Crippen molar-refractivity contribution in [1.82, 2.24) is 19.9 Å². The summed E-state index contributed by atoms with van der Waals surface area (Å²) < 4.78 is 15.7. The molecule has 3 heterocycles. The number of carbonyl (C=O) groups is 2. The predicted molar refractivity (Wildman–Crippen MR) is 138 cm³/mol. The first-order chi connectivity index (χ1) is 17.3. The van der Waals surface area contributed by atoms with E-state index in [1.165, 1.54) is 6.33 Å². The van der Waals surface area contributed by atoms with Crippen molar-refractivity contribution < 1.29 is 14.0 Å². The average Bonchev–Trinajstić information content (AvgIpc) is 3.53. The number of nitrogen functional groups attached to an aromatic ring is 1. The Kier molecular flexibility index (Phi) is 6.30. The van der Waals surface area contributed by atoms with Crippen molar-refractivity contribution in [3.8, 4) is 11.3 Å². The Morgan fingerprint density at radius 3 is 2.58 bits per heavy atom. The summed E-state index contributed by atoms with van der Waals surface area (Å²) in [6.07, 6.45) is 4.46. The van der Waals surface area contributed by atoms with E-state index in [0.29, 0.717) is 52.0 Å². The minimum absolute atomic E-state index is 0.0519. The van der Waals surface area contributed by atoms with Gasteiger partial charge in [0.1, 0.15) is 23.6 Å². The molecule has 1 aliphatic heterocycles. The van der Waals surface area contributed by atoms with E-state index < -0.39 is 0 Å². The highest BCUT2D eigenvalue weighted by molar-refractivity contribution is 6.05. The summed E-state index contributed by atoms with van der Waals surface area (Å²) in [6, 6.07) is 7.23. The number of likely N-dealkylation sites (tertiary alicyclic amines) is 1. The number of anilines is 2. The molecule has 8 nitrogen and oxygen atoms in total. The Morgan fingerprint density at radius 2 is 1.92 bits per heavy atom. The molecule has 0 radical (unpaired) electrons. The number of aromatic amines is 1. The number of halogens is 1. The summed E-state index contributed by atoms with van der Waals surface area (Å²) >= 11 is 0. The number of nitrogens with one attached hydrogen (secondary N) is 2. The van der Waals surface area contributed by atoms with E-state index >= 15 is 4.39 Å². The van der Waals surface area contributed by atoms with Crippen LogP contribution in [0.2, 0.25) is 0 Å². The molecule has 0 saturated carbocycles. The normalized spacial score (nSPS) is 18.1. The van der Waals surface area contributed by atoms with Gasteiger partial charge in [-0.1, -0.05) is 18.7 Å². The summed E-state index contributed by atoms with van der Waals surface area (Å²) in [5.41, 5.74) is 10.4. The zero-order chi connectivity index (χ0) is 25.4. The van der Waals surface area contributed by atoms with Crippen LogP contribution in [-0.4, -0.2) is 44.8 Å².